The molecule has 0 bridgehead atoms. The zero-order chi connectivity index (χ0) is 17.5. The number of methoxy groups -OCH3 is 1. The molecule has 0 saturated carbocycles. The third-order valence-electron chi connectivity index (χ3n) is 3.40. The van der Waals surface area contributed by atoms with Gasteiger partial charge in [0.05, 0.1) is 34.0 Å². The van der Waals surface area contributed by atoms with Crippen molar-refractivity contribution in [2.24, 2.45) is 0 Å². The molecule has 0 amide bonds. The number of esters is 1. The number of hydrogen-bond acceptors (Lipinski definition) is 2. The largest absolute Gasteiger partial charge is 0.465 e. The van der Waals surface area contributed by atoms with Crippen LogP contribution in [0.5, 0.6) is 0 Å². The quantitative estimate of drug-likeness (QED) is 0.684. The molecular formula is C15H12Cl2F3NO2. The van der Waals surface area contributed by atoms with Crippen molar-refractivity contribution in [3.05, 3.63) is 50.8 Å². The standard InChI is InChI=1S/C15H12Cl2F3NO2/c1-7-4-10(14(22)23-3)8(2)21(7)13-11(16)5-9(6-12(13)17)15(18,19)20/h4-6H,1-3H3. The van der Waals surface area contributed by atoms with Gasteiger partial charge >= 0.3 is 12.1 Å². The van der Waals surface area contributed by atoms with Gasteiger partial charge in [0.25, 0.3) is 0 Å². The van der Waals surface area contributed by atoms with Crippen LogP contribution in [0.2, 0.25) is 10.0 Å². The number of nitrogens with zero attached hydrogens (tertiary/aromatic N) is 1. The van der Waals surface area contributed by atoms with Gasteiger partial charge in [-0.2, -0.15) is 13.2 Å². The first-order chi connectivity index (χ1) is 10.6. The Hall–Kier alpha value is -1.66. The zero-order valence-electron chi connectivity index (χ0n) is 12.4. The summed E-state index contributed by atoms with van der Waals surface area (Å²) in [6.07, 6.45) is -4.55. The lowest BCUT2D eigenvalue weighted by Gasteiger charge is -2.16. The molecule has 8 heteroatoms. The second kappa shape index (κ2) is 6.09. The van der Waals surface area contributed by atoms with Crippen molar-refractivity contribution in [2.75, 3.05) is 7.11 Å². The Morgan fingerprint density at radius 3 is 2.09 bits per heavy atom. The van der Waals surface area contributed by atoms with Gasteiger partial charge in [-0.1, -0.05) is 23.2 Å². The van der Waals surface area contributed by atoms with Crippen LogP contribution in [0.4, 0.5) is 13.2 Å². The van der Waals surface area contributed by atoms with Crippen LogP contribution < -0.4 is 0 Å². The Kier molecular flexibility index (Phi) is 4.69. The Bertz CT molecular complexity index is 759. The summed E-state index contributed by atoms with van der Waals surface area (Å²) in [6, 6.07) is 3.17. The van der Waals surface area contributed by atoms with Crippen LogP contribution >= 0.6 is 23.2 Å². The number of alkyl halides is 3. The van der Waals surface area contributed by atoms with E-state index in [4.69, 9.17) is 23.2 Å². The summed E-state index contributed by atoms with van der Waals surface area (Å²) in [5.41, 5.74) is 0.597. The molecule has 0 radical (unpaired) electrons. The summed E-state index contributed by atoms with van der Waals surface area (Å²) in [4.78, 5) is 11.7. The van der Waals surface area contributed by atoms with Gasteiger partial charge in [0, 0.05) is 11.4 Å². The highest BCUT2D eigenvalue weighted by molar-refractivity contribution is 6.38. The minimum absolute atomic E-state index is 0.164. The maximum atomic E-state index is 12.8. The molecule has 0 aliphatic heterocycles. The summed E-state index contributed by atoms with van der Waals surface area (Å²) >= 11 is 12.0. The molecule has 0 saturated heterocycles. The number of benzene rings is 1. The number of rotatable bonds is 2. The molecule has 3 nitrogen and oxygen atoms in total. The molecule has 1 aromatic heterocycles. The predicted molar refractivity (Wildman–Crippen MR) is 81.6 cm³/mol. The van der Waals surface area contributed by atoms with Crippen LogP contribution in [-0.2, 0) is 10.9 Å². The van der Waals surface area contributed by atoms with Crippen LogP contribution in [0.25, 0.3) is 5.69 Å². The summed E-state index contributed by atoms with van der Waals surface area (Å²) in [7, 11) is 1.24. The Morgan fingerprint density at radius 2 is 1.65 bits per heavy atom. The summed E-state index contributed by atoms with van der Waals surface area (Å²) in [6.45, 7) is 3.31. The van der Waals surface area contributed by atoms with E-state index >= 15 is 0 Å². The maximum absolute atomic E-state index is 12.8. The predicted octanol–water partition coefficient (Wildman–Crippen LogP) is 5.21. The monoisotopic (exact) mass is 365 g/mol. The van der Waals surface area contributed by atoms with Gasteiger partial charge in [-0.15, -0.1) is 0 Å². The lowest BCUT2D eigenvalue weighted by atomic mass is 10.2. The Morgan fingerprint density at radius 1 is 1.13 bits per heavy atom. The fraction of sp³-hybridized carbons (Fsp3) is 0.267. The third-order valence-corrected chi connectivity index (χ3v) is 3.98. The highest BCUT2D eigenvalue weighted by atomic mass is 35.5. The van der Waals surface area contributed by atoms with E-state index in [0.717, 1.165) is 12.1 Å². The van der Waals surface area contributed by atoms with Crippen molar-refractivity contribution >= 4 is 29.2 Å². The van der Waals surface area contributed by atoms with Crippen LogP contribution in [0.3, 0.4) is 0 Å². The molecule has 0 atom stereocenters. The van der Waals surface area contributed by atoms with Gasteiger partial charge in [0.2, 0.25) is 0 Å². The Balaban J connectivity index is 2.69. The minimum Gasteiger partial charge on any atom is -0.465 e. The molecule has 0 aliphatic carbocycles. The van der Waals surface area contributed by atoms with Crippen LogP contribution in [0.1, 0.15) is 27.3 Å². The van der Waals surface area contributed by atoms with Gasteiger partial charge < -0.3 is 9.30 Å². The molecule has 23 heavy (non-hydrogen) atoms. The lowest BCUT2D eigenvalue weighted by molar-refractivity contribution is -0.137. The molecular weight excluding hydrogens is 354 g/mol. The SMILES string of the molecule is COC(=O)c1cc(C)n(-c2c(Cl)cc(C(F)(F)F)cc2Cl)c1C. The van der Waals surface area contributed by atoms with Crippen LogP contribution in [-0.4, -0.2) is 17.6 Å². The van der Waals surface area contributed by atoms with Crippen LogP contribution in [0.15, 0.2) is 18.2 Å². The average Bonchev–Trinajstić information content (AvgIpc) is 2.73. The number of aromatic nitrogens is 1. The van der Waals surface area contributed by atoms with E-state index in [0.29, 0.717) is 11.4 Å². The molecule has 1 aromatic carbocycles. The molecule has 0 N–H and O–H groups in total. The van der Waals surface area contributed by atoms with E-state index in [-0.39, 0.29) is 21.3 Å². The third kappa shape index (κ3) is 3.19. The molecule has 0 fully saturated rings. The van der Waals surface area contributed by atoms with E-state index in [1.54, 1.807) is 19.9 Å². The van der Waals surface area contributed by atoms with Crippen molar-refractivity contribution in [2.45, 2.75) is 20.0 Å². The van der Waals surface area contributed by atoms with Crippen molar-refractivity contribution in [3.63, 3.8) is 0 Å². The molecule has 0 aliphatic rings. The van der Waals surface area contributed by atoms with Crippen molar-refractivity contribution in [1.29, 1.82) is 0 Å². The summed E-state index contributed by atoms with van der Waals surface area (Å²) < 4.78 is 44.6. The molecule has 2 aromatic rings. The van der Waals surface area contributed by atoms with E-state index in [2.05, 4.69) is 4.74 Å². The second-order valence-corrected chi connectivity index (χ2v) is 5.71. The average molecular weight is 366 g/mol. The topological polar surface area (TPSA) is 31.2 Å². The number of carbonyl (C=O) groups excluding carboxylic acids is 1. The zero-order valence-corrected chi connectivity index (χ0v) is 13.9. The van der Waals surface area contributed by atoms with Gasteiger partial charge in [0.15, 0.2) is 0 Å². The summed E-state index contributed by atoms with van der Waals surface area (Å²) in [5, 5.41) is -0.328. The first-order valence-electron chi connectivity index (χ1n) is 6.41. The fourth-order valence-electron chi connectivity index (χ4n) is 2.37. The highest BCUT2D eigenvalue weighted by Gasteiger charge is 2.32. The van der Waals surface area contributed by atoms with Gasteiger partial charge in [-0.05, 0) is 32.0 Å². The van der Waals surface area contributed by atoms with Gasteiger partial charge in [0.1, 0.15) is 0 Å². The first-order valence-corrected chi connectivity index (χ1v) is 7.17. The van der Waals surface area contributed by atoms with Crippen molar-refractivity contribution in [3.8, 4) is 5.69 Å². The highest BCUT2D eigenvalue weighted by Crippen LogP contribution is 2.39. The fourth-order valence-corrected chi connectivity index (χ4v) is 3.02. The molecule has 0 unspecified atom stereocenters. The number of hydrogen-bond donors (Lipinski definition) is 0. The van der Waals surface area contributed by atoms with E-state index in [1.165, 1.54) is 11.7 Å². The van der Waals surface area contributed by atoms with Crippen molar-refractivity contribution in [1.82, 2.24) is 4.57 Å². The van der Waals surface area contributed by atoms with E-state index in [1.807, 2.05) is 0 Å². The van der Waals surface area contributed by atoms with Crippen LogP contribution in [0, 0.1) is 13.8 Å². The van der Waals surface area contributed by atoms with Gasteiger partial charge in [-0.25, -0.2) is 4.79 Å². The van der Waals surface area contributed by atoms with Gasteiger partial charge in [-0.3, -0.25) is 0 Å². The lowest BCUT2D eigenvalue weighted by Crippen LogP contribution is -2.08. The molecule has 1 heterocycles. The molecule has 124 valence electrons. The number of halogens is 5. The summed E-state index contributed by atoms with van der Waals surface area (Å²) in [5.74, 6) is -0.552. The number of carbonyl (C=O) groups is 1. The number of aryl methyl sites for hydroxylation is 1. The normalized spacial score (nSPS) is 11.7. The minimum atomic E-state index is -4.55. The smallest absolute Gasteiger partial charge is 0.416 e. The van der Waals surface area contributed by atoms with E-state index < -0.39 is 17.7 Å². The molecule has 2 rings (SSSR count). The first kappa shape index (κ1) is 17.7. The maximum Gasteiger partial charge on any atom is 0.416 e. The Labute approximate surface area is 140 Å². The van der Waals surface area contributed by atoms with Crippen molar-refractivity contribution < 1.29 is 22.7 Å². The van der Waals surface area contributed by atoms with E-state index in [9.17, 15) is 18.0 Å². The second-order valence-electron chi connectivity index (χ2n) is 4.90. The molecule has 0 spiro atoms. The number of ether oxygens (including phenoxy) is 1.